The highest BCUT2D eigenvalue weighted by atomic mass is 16.5. The van der Waals surface area contributed by atoms with Crippen molar-refractivity contribution in [2.45, 2.75) is 26.8 Å². The second-order valence-corrected chi connectivity index (χ2v) is 8.34. The molecule has 0 unspecified atom stereocenters. The Morgan fingerprint density at radius 3 is 2.39 bits per heavy atom. The average Bonchev–Trinajstić information content (AvgIpc) is 3.21. The Kier molecular flexibility index (Phi) is 5.05. The zero-order chi connectivity index (χ0) is 23.1. The maximum atomic E-state index is 12.0. The summed E-state index contributed by atoms with van der Waals surface area (Å²) in [6.45, 7) is 5.80. The third-order valence-electron chi connectivity index (χ3n) is 5.85. The summed E-state index contributed by atoms with van der Waals surface area (Å²) in [6.07, 6.45) is 3.57. The van der Waals surface area contributed by atoms with Crippen LogP contribution in [0.25, 0.3) is 32.9 Å². The molecule has 0 bridgehead atoms. The lowest BCUT2D eigenvalue weighted by Crippen LogP contribution is -2.00. The number of benzene rings is 3. The SMILES string of the molecule is CC(=O)c1ccc(Oc2ccc(-c3cn(C(C)C)c4ncnc(N)c34)cc2)c2ccccc12. The summed E-state index contributed by atoms with van der Waals surface area (Å²) in [5.41, 5.74) is 9.72. The summed E-state index contributed by atoms with van der Waals surface area (Å²) in [7, 11) is 0. The highest BCUT2D eigenvalue weighted by Gasteiger charge is 2.17. The number of nitrogens with two attached hydrogens (primary N) is 1. The molecule has 2 aromatic heterocycles. The van der Waals surface area contributed by atoms with Gasteiger partial charge in [-0.1, -0.05) is 36.4 Å². The van der Waals surface area contributed by atoms with Gasteiger partial charge in [-0.25, -0.2) is 9.97 Å². The van der Waals surface area contributed by atoms with E-state index < -0.39 is 0 Å². The summed E-state index contributed by atoms with van der Waals surface area (Å²) in [5.74, 6) is 1.91. The van der Waals surface area contributed by atoms with Crippen LogP contribution in [0, 0.1) is 0 Å². The highest BCUT2D eigenvalue weighted by molar-refractivity contribution is 6.08. The summed E-state index contributed by atoms with van der Waals surface area (Å²) in [6, 6.07) is 19.6. The second kappa shape index (κ2) is 8.06. The van der Waals surface area contributed by atoms with Gasteiger partial charge in [0.15, 0.2) is 5.78 Å². The predicted octanol–water partition coefficient (Wildman–Crippen LogP) is 6.41. The average molecular weight is 437 g/mol. The van der Waals surface area contributed by atoms with Gasteiger partial charge < -0.3 is 15.0 Å². The van der Waals surface area contributed by atoms with Crippen LogP contribution in [0.1, 0.15) is 37.2 Å². The monoisotopic (exact) mass is 436 g/mol. The molecular weight excluding hydrogens is 412 g/mol. The van der Waals surface area contributed by atoms with E-state index in [0.717, 1.165) is 32.9 Å². The van der Waals surface area contributed by atoms with Gasteiger partial charge in [0, 0.05) is 28.8 Å². The fourth-order valence-electron chi connectivity index (χ4n) is 4.22. The van der Waals surface area contributed by atoms with Gasteiger partial charge in [-0.15, -0.1) is 0 Å². The van der Waals surface area contributed by atoms with Crippen LogP contribution < -0.4 is 10.5 Å². The molecule has 33 heavy (non-hydrogen) atoms. The molecule has 0 aliphatic heterocycles. The number of hydrogen-bond donors (Lipinski definition) is 1. The molecule has 5 rings (SSSR count). The lowest BCUT2D eigenvalue weighted by Gasteiger charge is -2.12. The Hall–Kier alpha value is -4.19. The van der Waals surface area contributed by atoms with Gasteiger partial charge in [0.1, 0.15) is 29.3 Å². The van der Waals surface area contributed by atoms with Crippen molar-refractivity contribution in [2.75, 3.05) is 5.73 Å². The number of rotatable bonds is 5. The van der Waals surface area contributed by atoms with Crippen molar-refractivity contribution in [3.63, 3.8) is 0 Å². The van der Waals surface area contributed by atoms with Crippen molar-refractivity contribution in [1.29, 1.82) is 0 Å². The molecule has 0 fully saturated rings. The molecule has 0 atom stereocenters. The predicted molar refractivity (Wildman–Crippen MR) is 132 cm³/mol. The van der Waals surface area contributed by atoms with Crippen LogP contribution in [0.2, 0.25) is 0 Å². The van der Waals surface area contributed by atoms with Crippen molar-refractivity contribution in [1.82, 2.24) is 14.5 Å². The Morgan fingerprint density at radius 1 is 0.970 bits per heavy atom. The summed E-state index contributed by atoms with van der Waals surface area (Å²) in [5, 5.41) is 2.64. The molecule has 0 amide bonds. The molecule has 0 radical (unpaired) electrons. The molecule has 0 saturated heterocycles. The number of nitrogens with zero attached hydrogens (tertiary/aromatic N) is 3. The quantitative estimate of drug-likeness (QED) is 0.322. The van der Waals surface area contributed by atoms with E-state index in [1.165, 1.54) is 6.33 Å². The Bertz CT molecular complexity index is 1500. The number of carbonyl (C=O) groups excluding carboxylic acids is 1. The van der Waals surface area contributed by atoms with Crippen molar-refractivity contribution in [2.24, 2.45) is 0 Å². The van der Waals surface area contributed by atoms with Gasteiger partial charge in [0.2, 0.25) is 0 Å². The fourth-order valence-corrected chi connectivity index (χ4v) is 4.22. The normalized spacial score (nSPS) is 11.4. The first-order chi connectivity index (χ1) is 15.9. The molecule has 0 aliphatic carbocycles. The van der Waals surface area contributed by atoms with E-state index in [1.54, 1.807) is 6.92 Å². The maximum Gasteiger partial charge on any atom is 0.160 e. The minimum absolute atomic E-state index is 0.0333. The number of Topliss-reactive ketones (excluding diaryl/α,β-unsaturated/α-hetero) is 1. The molecule has 3 aromatic carbocycles. The van der Waals surface area contributed by atoms with Crippen molar-refractivity contribution >= 4 is 33.4 Å². The number of ketones is 1. The molecule has 0 aliphatic rings. The van der Waals surface area contributed by atoms with Gasteiger partial charge in [-0.05, 0) is 56.0 Å². The Labute approximate surface area is 191 Å². The van der Waals surface area contributed by atoms with Gasteiger partial charge >= 0.3 is 0 Å². The van der Waals surface area contributed by atoms with Gasteiger partial charge in [-0.2, -0.15) is 0 Å². The minimum atomic E-state index is 0.0333. The molecule has 6 nitrogen and oxygen atoms in total. The lowest BCUT2D eigenvalue weighted by atomic mass is 10.0. The molecule has 6 heteroatoms. The van der Waals surface area contributed by atoms with E-state index in [0.29, 0.717) is 22.9 Å². The van der Waals surface area contributed by atoms with E-state index in [9.17, 15) is 4.79 Å². The summed E-state index contributed by atoms with van der Waals surface area (Å²) in [4.78, 5) is 20.6. The Morgan fingerprint density at radius 2 is 1.70 bits per heavy atom. The second-order valence-electron chi connectivity index (χ2n) is 8.34. The van der Waals surface area contributed by atoms with Crippen LogP contribution >= 0.6 is 0 Å². The number of anilines is 1. The molecule has 5 aromatic rings. The first-order valence-electron chi connectivity index (χ1n) is 10.9. The van der Waals surface area contributed by atoms with E-state index in [1.807, 2.05) is 60.7 Å². The number of nitrogen functional groups attached to an aromatic ring is 1. The largest absolute Gasteiger partial charge is 0.457 e. The van der Waals surface area contributed by atoms with Crippen molar-refractivity contribution in [3.05, 3.63) is 78.8 Å². The zero-order valence-electron chi connectivity index (χ0n) is 18.7. The molecule has 0 spiro atoms. The van der Waals surface area contributed by atoms with Gasteiger partial charge in [-0.3, -0.25) is 4.79 Å². The number of ether oxygens (including phenoxy) is 1. The van der Waals surface area contributed by atoms with Gasteiger partial charge in [0.25, 0.3) is 0 Å². The molecular formula is C27H24N4O2. The first kappa shape index (κ1) is 20.7. The smallest absolute Gasteiger partial charge is 0.160 e. The number of hydrogen-bond acceptors (Lipinski definition) is 5. The van der Waals surface area contributed by atoms with Crippen LogP contribution in [0.4, 0.5) is 5.82 Å². The van der Waals surface area contributed by atoms with Crippen LogP contribution in [0.3, 0.4) is 0 Å². The summed E-state index contributed by atoms with van der Waals surface area (Å²) < 4.78 is 8.31. The zero-order valence-corrected chi connectivity index (χ0v) is 18.7. The number of aromatic nitrogens is 3. The van der Waals surface area contributed by atoms with Crippen LogP contribution in [-0.4, -0.2) is 20.3 Å². The number of carbonyl (C=O) groups is 1. The first-order valence-corrected chi connectivity index (χ1v) is 10.9. The van der Waals surface area contributed by atoms with Crippen molar-refractivity contribution < 1.29 is 9.53 Å². The van der Waals surface area contributed by atoms with E-state index in [4.69, 9.17) is 10.5 Å². The van der Waals surface area contributed by atoms with Crippen LogP contribution in [-0.2, 0) is 0 Å². The standard InChI is InChI=1S/C27H24N4O2/c1-16(2)31-14-23(25-26(28)29-15-30-27(25)31)18-8-10-19(11-9-18)33-24-13-12-20(17(3)32)21-6-4-5-7-22(21)24/h4-16H,1-3H3,(H2,28,29,30). The fraction of sp³-hybridized carbons (Fsp3) is 0.148. The van der Waals surface area contributed by atoms with Crippen LogP contribution in [0.15, 0.2) is 73.2 Å². The van der Waals surface area contributed by atoms with Crippen LogP contribution in [0.5, 0.6) is 11.5 Å². The van der Waals surface area contributed by atoms with E-state index in [-0.39, 0.29) is 11.8 Å². The Balaban J connectivity index is 1.53. The summed E-state index contributed by atoms with van der Waals surface area (Å²) >= 11 is 0. The molecule has 2 heterocycles. The van der Waals surface area contributed by atoms with E-state index in [2.05, 4.69) is 34.6 Å². The van der Waals surface area contributed by atoms with E-state index >= 15 is 0 Å². The lowest BCUT2D eigenvalue weighted by molar-refractivity contribution is 0.101. The van der Waals surface area contributed by atoms with Crippen molar-refractivity contribution in [3.8, 4) is 22.6 Å². The topological polar surface area (TPSA) is 83.0 Å². The molecule has 2 N–H and O–H groups in total. The highest BCUT2D eigenvalue weighted by Crippen LogP contribution is 2.36. The third-order valence-corrected chi connectivity index (χ3v) is 5.85. The minimum Gasteiger partial charge on any atom is -0.457 e. The number of fused-ring (bicyclic) bond motifs is 2. The molecule has 0 saturated carbocycles. The van der Waals surface area contributed by atoms with Gasteiger partial charge in [0.05, 0.1) is 5.39 Å². The maximum absolute atomic E-state index is 12.0. The molecule has 164 valence electrons. The third kappa shape index (κ3) is 3.59.